The minimum Gasteiger partial charge on any atom is -0.463 e. The van der Waals surface area contributed by atoms with Gasteiger partial charge in [-0.3, -0.25) is 0 Å². The molecule has 0 saturated heterocycles. The van der Waals surface area contributed by atoms with E-state index < -0.39 is 12.1 Å². The molecule has 110 valence electrons. The molecule has 0 radical (unpaired) electrons. The molecule has 1 N–H and O–H groups in total. The molecule has 20 heavy (non-hydrogen) atoms. The maximum absolute atomic E-state index is 12.0. The smallest absolute Gasteiger partial charge is 0.336 e. The third-order valence-corrected chi connectivity index (χ3v) is 3.09. The summed E-state index contributed by atoms with van der Waals surface area (Å²) >= 11 is 0. The highest BCUT2D eigenvalue weighted by Crippen LogP contribution is 2.23. The average molecular weight is 276 g/mol. The first-order valence-electron chi connectivity index (χ1n) is 7.30. The minimum absolute atomic E-state index is 0.312. The first-order chi connectivity index (χ1) is 9.70. The number of benzene rings is 1. The number of aliphatic hydroxyl groups is 1. The van der Waals surface area contributed by atoms with Crippen LogP contribution >= 0.6 is 0 Å². The van der Waals surface area contributed by atoms with Gasteiger partial charge in [-0.1, -0.05) is 56.2 Å². The molecule has 0 aromatic heterocycles. The molecule has 1 unspecified atom stereocenters. The topological polar surface area (TPSA) is 46.5 Å². The quantitative estimate of drug-likeness (QED) is 0.446. The Balaban J connectivity index is 2.83. The maximum Gasteiger partial charge on any atom is 0.336 e. The van der Waals surface area contributed by atoms with E-state index in [1.54, 1.807) is 6.92 Å². The zero-order valence-electron chi connectivity index (χ0n) is 12.3. The van der Waals surface area contributed by atoms with Gasteiger partial charge in [-0.15, -0.1) is 0 Å². The summed E-state index contributed by atoms with van der Waals surface area (Å²) < 4.78 is 5.04. The molecule has 1 atom stereocenters. The number of carbonyl (C=O) groups excluding carboxylic acids is 1. The van der Waals surface area contributed by atoms with Gasteiger partial charge < -0.3 is 9.84 Å². The van der Waals surface area contributed by atoms with Gasteiger partial charge in [-0.25, -0.2) is 4.79 Å². The monoisotopic (exact) mass is 276 g/mol. The van der Waals surface area contributed by atoms with E-state index in [2.05, 4.69) is 6.92 Å². The summed E-state index contributed by atoms with van der Waals surface area (Å²) in [6.07, 6.45) is 4.94. The van der Waals surface area contributed by atoms with Crippen LogP contribution in [0.3, 0.4) is 0 Å². The highest BCUT2D eigenvalue weighted by molar-refractivity contribution is 5.89. The molecular weight excluding hydrogens is 252 g/mol. The van der Waals surface area contributed by atoms with Gasteiger partial charge in [0.2, 0.25) is 0 Å². The number of hydrogen-bond acceptors (Lipinski definition) is 3. The first kappa shape index (κ1) is 16.4. The van der Waals surface area contributed by atoms with Crippen molar-refractivity contribution < 1.29 is 14.6 Å². The summed E-state index contributed by atoms with van der Waals surface area (Å²) in [4.78, 5) is 12.0. The zero-order valence-corrected chi connectivity index (χ0v) is 12.3. The first-order valence-corrected chi connectivity index (χ1v) is 7.30. The largest absolute Gasteiger partial charge is 0.463 e. The molecule has 0 aliphatic rings. The van der Waals surface area contributed by atoms with Crippen molar-refractivity contribution in [3.8, 4) is 0 Å². The number of hydrogen-bond donors (Lipinski definition) is 1. The van der Waals surface area contributed by atoms with E-state index in [4.69, 9.17) is 4.74 Å². The molecule has 0 bridgehead atoms. The molecule has 3 heteroatoms. The summed E-state index contributed by atoms with van der Waals surface area (Å²) in [5.41, 5.74) is 1.05. The molecule has 0 heterocycles. The second-order valence-electron chi connectivity index (χ2n) is 4.69. The van der Waals surface area contributed by atoms with Crippen LogP contribution in [0.1, 0.15) is 51.2 Å². The number of carbonyl (C=O) groups is 1. The normalized spacial score (nSPS) is 13.1. The SMILES string of the molecule is CCCCC/C=C(\C(=O)OCC)C(O)c1ccccc1. The van der Waals surface area contributed by atoms with Crippen molar-refractivity contribution in [3.05, 3.63) is 47.5 Å². The van der Waals surface area contributed by atoms with E-state index in [1.165, 1.54) is 0 Å². The van der Waals surface area contributed by atoms with E-state index in [-0.39, 0.29) is 0 Å². The summed E-state index contributed by atoms with van der Waals surface area (Å²) in [6.45, 7) is 4.21. The zero-order chi connectivity index (χ0) is 14.8. The standard InChI is InChI=1S/C17H24O3/c1-3-5-6-10-13-15(17(19)20-4-2)16(18)14-11-8-7-9-12-14/h7-9,11-13,16,18H,3-6,10H2,1-2H3/b15-13-. The van der Waals surface area contributed by atoms with Crippen LogP contribution in [0.25, 0.3) is 0 Å². The van der Waals surface area contributed by atoms with Crippen molar-refractivity contribution in [2.24, 2.45) is 0 Å². The fraction of sp³-hybridized carbons (Fsp3) is 0.471. The van der Waals surface area contributed by atoms with Gasteiger partial charge in [0.25, 0.3) is 0 Å². The van der Waals surface area contributed by atoms with Crippen molar-refractivity contribution >= 4 is 5.97 Å². The molecule has 0 amide bonds. The van der Waals surface area contributed by atoms with E-state index in [1.807, 2.05) is 36.4 Å². The van der Waals surface area contributed by atoms with Crippen LogP contribution in [-0.4, -0.2) is 17.7 Å². The lowest BCUT2D eigenvalue weighted by Gasteiger charge is -2.14. The lowest BCUT2D eigenvalue weighted by atomic mass is 10.00. The van der Waals surface area contributed by atoms with Crippen LogP contribution < -0.4 is 0 Å². The Morgan fingerprint density at radius 1 is 1.25 bits per heavy atom. The average Bonchev–Trinajstić information content (AvgIpc) is 2.48. The number of rotatable bonds is 8. The molecule has 3 nitrogen and oxygen atoms in total. The van der Waals surface area contributed by atoms with Gasteiger partial charge >= 0.3 is 5.97 Å². The Morgan fingerprint density at radius 2 is 1.95 bits per heavy atom. The Labute approximate surface area is 121 Å². The number of aliphatic hydroxyl groups excluding tert-OH is 1. The molecular formula is C17H24O3. The fourth-order valence-corrected chi connectivity index (χ4v) is 1.99. The highest BCUT2D eigenvalue weighted by Gasteiger charge is 2.21. The summed E-state index contributed by atoms with van der Waals surface area (Å²) in [7, 11) is 0. The summed E-state index contributed by atoms with van der Waals surface area (Å²) in [5.74, 6) is -0.430. The minimum atomic E-state index is -0.920. The molecule has 1 aromatic rings. The highest BCUT2D eigenvalue weighted by atomic mass is 16.5. The lowest BCUT2D eigenvalue weighted by Crippen LogP contribution is -2.15. The third kappa shape index (κ3) is 5.17. The maximum atomic E-state index is 12.0. The van der Waals surface area contributed by atoms with Crippen LogP contribution in [0.2, 0.25) is 0 Å². The summed E-state index contributed by atoms with van der Waals surface area (Å²) in [5, 5.41) is 10.4. The van der Waals surface area contributed by atoms with Crippen LogP contribution in [0.15, 0.2) is 42.0 Å². The molecule has 1 aromatic carbocycles. The Morgan fingerprint density at radius 3 is 2.55 bits per heavy atom. The number of unbranched alkanes of at least 4 members (excludes halogenated alkanes) is 3. The van der Waals surface area contributed by atoms with Crippen molar-refractivity contribution in [1.29, 1.82) is 0 Å². The van der Waals surface area contributed by atoms with Gasteiger partial charge in [0, 0.05) is 0 Å². The molecule has 0 fully saturated rings. The lowest BCUT2D eigenvalue weighted by molar-refractivity contribution is -0.139. The Hall–Kier alpha value is -1.61. The van der Waals surface area contributed by atoms with Crippen LogP contribution in [0.4, 0.5) is 0 Å². The predicted molar refractivity (Wildman–Crippen MR) is 80.3 cm³/mol. The van der Waals surface area contributed by atoms with Crippen molar-refractivity contribution in [1.82, 2.24) is 0 Å². The van der Waals surface area contributed by atoms with E-state index in [0.29, 0.717) is 17.7 Å². The number of esters is 1. The van der Waals surface area contributed by atoms with Crippen molar-refractivity contribution in [2.75, 3.05) is 6.61 Å². The van der Waals surface area contributed by atoms with E-state index in [9.17, 15) is 9.90 Å². The molecule has 1 rings (SSSR count). The fourth-order valence-electron chi connectivity index (χ4n) is 1.99. The van der Waals surface area contributed by atoms with Crippen LogP contribution in [0, 0.1) is 0 Å². The van der Waals surface area contributed by atoms with E-state index >= 15 is 0 Å². The van der Waals surface area contributed by atoms with Gasteiger partial charge in [-0.2, -0.15) is 0 Å². The van der Waals surface area contributed by atoms with E-state index in [0.717, 1.165) is 25.7 Å². The Kier molecular flexibility index (Phi) is 7.66. The van der Waals surface area contributed by atoms with Gasteiger partial charge in [-0.05, 0) is 25.3 Å². The van der Waals surface area contributed by atoms with Crippen LogP contribution in [-0.2, 0) is 9.53 Å². The van der Waals surface area contributed by atoms with Gasteiger partial charge in [0.15, 0.2) is 0 Å². The number of allylic oxidation sites excluding steroid dienone is 1. The predicted octanol–water partition coefficient (Wildman–Crippen LogP) is 3.79. The van der Waals surface area contributed by atoms with Crippen molar-refractivity contribution in [2.45, 2.75) is 45.6 Å². The summed E-state index contributed by atoms with van der Waals surface area (Å²) in [6, 6.07) is 9.19. The molecule has 0 saturated carbocycles. The second kappa shape index (κ2) is 9.32. The second-order valence-corrected chi connectivity index (χ2v) is 4.69. The third-order valence-electron chi connectivity index (χ3n) is 3.09. The van der Waals surface area contributed by atoms with Crippen molar-refractivity contribution in [3.63, 3.8) is 0 Å². The Bertz CT molecular complexity index is 423. The molecule has 0 spiro atoms. The molecule has 0 aliphatic heterocycles. The number of ether oxygens (including phenoxy) is 1. The van der Waals surface area contributed by atoms with Gasteiger partial charge in [0.05, 0.1) is 12.2 Å². The van der Waals surface area contributed by atoms with Crippen LogP contribution in [0.5, 0.6) is 0 Å². The molecule has 0 aliphatic carbocycles. The van der Waals surface area contributed by atoms with Gasteiger partial charge in [0.1, 0.15) is 6.10 Å².